The number of rotatable bonds is 6. The van der Waals surface area contributed by atoms with Gasteiger partial charge in [-0.2, -0.15) is 21.6 Å². The van der Waals surface area contributed by atoms with Crippen molar-refractivity contribution in [2.75, 3.05) is 14.2 Å². The minimum absolute atomic E-state index is 0. The Balaban J connectivity index is 0. The number of halogens is 3. The van der Waals surface area contributed by atoms with E-state index in [0.717, 1.165) is 25.3 Å². The Morgan fingerprint density at radius 1 is 0.818 bits per heavy atom. The number of ether oxygens (including phenoxy) is 2. The molecule has 0 saturated heterocycles. The van der Waals surface area contributed by atoms with Gasteiger partial charge in [-0.25, -0.2) is 0 Å². The molecule has 8 nitrogen and oxygen atoms in total. The maximum Gasteiger partial charge on any atom is 0.534 e. The second-order valence-corrected chi connectivity index (χ2v) is 7.39. The Labute approximate surface area is 191 Å². The fourth-order valence-electron chi connectivity index (χ4n) is 2.02. The molecule has 0 bridgehead atoms. The molecule has 0 amide bonds. The standard InChI is InChI=1S/C10H9F3O5S.C9H10O3.2CH4/c1-6(14)7-3-4-8(9(5-7)17-2)18-19(15,16)10(11,12)13;1-6(10)7-3-4-8(11)9(5-7)12-2;;/h3-5H,1-2H3;3-5,11H,1-2H3;2*1H4. The molecule has 0 atom stereocenters. The Hall–Kier alpha value is -3.28. The zero-order valence-corrected chi connectivity index (χ0v) is 17.6. The normalized spacial score (nSPS) is 10.4. The van der Waals surface area contributed by atoms with Crippen LogP contribution in [-0.2, 0) is 10.1 Å². The van der Waals surface area contributed by atoms with Crippen molar-refractivity contribution >= 4 is 21.7 Å². The van der Waals surface area contributed by atoms with Gasteiger partial charge in [0, 0.05) is 11.1 Å². The average Bonchev–Trinajstić information content (AvgIpc) is 2.67. The summed E-state index contributed by atoms with van der Waals surface area (Å²) in [5, 5.41) is 9.18. The summed E-state index contributed by atoms with van der Waals surface area (Å²) in [6.45, 7) is 2.70. The number of phenolic OH excluding ortho intramolecular Hbond substituents is 1. The molecule has 33 heavy (non-hydrogen) atoms. The SMILES string of the molecule is C.C.COc1cc(C(C)=O)ccc1O.COc1cc(C(C)=O)ccc1OS(=O)(=O)C(F)(F)F. The van der Waals surface area contributed by atoms with Crippen LogP contribution in [0, 0.1) is 0 Å². The first-order valence-corrected chi connectivity index (χ1v) is 9.72. The van der Waals surface area contributed by atoms with E-state index in [1.165, 1.54) is 33.1 Å². The third-order valence-corrected chi connectivity index (χ3v) is 4.61. The number of hydrogen-bond acceptors (Lipinski definition) is 8. The van der Waals surface area contributed by atoms with E-state index in [1.54, 1.807) is 6.07 Å². The molecule has 0 saturated carbocycles. The van der Waals surface area contributed by atoms with Crippen LogP contribution in [0.2, 0.25) is 0 Å². The molecule has 0 aliphatic heterocycles. The molecule has 0 fully saturated rings. The lowest BCUT2D eigenvalue weighted by atomic mass is 10.1. The monoisotopic (exact) mass is 496 g/mol. The fourth-order valence-corrected chi connectivity index (χ4v) is 2.49. The van der Waals surface area contributed by atoms with Gasteiger partial charge >= 0.3 is 15.6 Å². The van der Waals surface area contributed by atoms with E-state index in [4.69, 9.17) is 4.74 Å². The van der Waals surface area contributed by atoms with E-state index in [1.807, 2.05) is 0 Å². The first-order chi connectivity index (χ1) is 14.2. The minimum Gasteiger partial charge on any atom is -0.504 e. The molecular weight excluding hydrogens is 469 g/mol. The summed E-state index contributed by atoms with van der Waals surface area (Å²) in [5.74, 6) is -0.979. The van der Waals surface area contributed by atoms with Gasteiger partial charge in [0.25, 0.3) is 0 Å². The number of phenols is 1. The molecule has 0 spiro atoms. The molecule has 2 aromatic carbocycles. The maximum absolute atomic E-state index is 12.2. The van der Waals surface area contributed by atoms with Gasteiger partial charge in [-0.15, -0.1) is 0 Å². The molecule has 186 valence electrons. The van der Waals surface area contributed by atoms with Gasteiger partial charge in [-0.3, -0.25) is 9.59 Å². The Morgan fingerprint density at radius 2 is 1.24 bits per heavy atom. The Bertz CT molecular complexity index is 1060. The number of carbonyl (C=O) groups excluding carboxylic acids is 2. The van der Waals surface area contributed by atoms with E-state index >= 15 is 0 Å². The molecule has 1 N–H and O–H groups in total. The molecule has 0 heterocycles. The highest BCUT2D eigenvalue weighted by molar-refractivity contribution is 7.88. The number of hydrogen-bond donors (Lipinski definition) is 1. The molecule has 0 aliphatic carbocycles. The molecular formula is C21H27F3O8S. The first kappa shape index (κ1) is 31.9. The molecule has 0 aliphatic rings. The zero-order valence-electron chi connectivity index (χ0n) is 16.8. The van der Waals surface area contributed by atoms with Gasteiger partial charge in [0.2, 0.25) is 0 Å². The number of Topliss-reactive ketones (excluding diaryl/α,β-unsaturated/α-hetero) is 2. The predicted octanol–water partition coefficient (Wildman–Crippen LogP) is 5.00. The third kappa shape index (κ3) is 8.64. The van der Waals surface area contributed by atoms with Gasteiger partial charge < -0.3 is 18.8 Å². The Morgan fingerprint density at radius 3 is 1.64 bits per heavy atom. The van der Waals surface area contributed by atoms with Gasteiger partial charge in [0.1, 0.15) is 0 Å². The highest BCUT2D eigenvalue weighted by Crippen LogP contribution is 2.33. The van der Waals surface area contributed by atoms with Gasteiger partial charge in [-0.05, 0) is 50.2 Å². The summed E-state index contributed by atoms with van der Waals surface area (Å²) in [7, 11) is -3.23. The number of ketones is 2. The van der Waals surface area contributed by atoms with Crippen LogP contribution in [0.1, 0.15) is 49.4 Å². The summed E-state index contributed by atoms with van der Waals surface area (Å²) in [6.07, 6.45) is 0. The molecule has 0 unspecified atom stereocenters. The summed E-state index contributed by atoms with van der Waals surface area (Å²) in [4.78, 5) is 22.0. The van der Waals surface area contributed by atoms with Crippen molar-refractivity contribution in [2.24, 2.45) is 0 Å². The maximum atomic E-state index is 12.2. The lowest BCUT2D eigenvalue weighted by Gasteiger charge is -2.12. The number of alkyl halides is 3. The number of methoxy groups -OCH3 is 2. The highest BCUT2D eigenvalue weighted by atomic mass is 32.2. The number of benzene rings is 2. The molecule has 0 radical (unpaired) electrons. The molecule has 2 rings (SSSR count). The summed E-state index contributed by atoms with van der Waals surface area (Å²) in [5.41, 5.74) is -4.87. The van der Waals surface area contributed by atoms with Gasteiger partial charge in [-0.1, -0.05) is 14.9 Å². The third-order valence-electron chi connectivity index (χ3n) is 3.64. The Kier molecular flexibility index (Phi) is 12.3. The summed E-state index contributed by atoms with van der Waals surface area (Å²) < 4.78 is 71.6. The molecule has 2 aromatic rings. The largest absolute Gasteiger partial charge is 0.534 e. The van der Waals surface area contributed by atoms with Gasteiger partial charge in [0.05, 0.1) is 14.2 Å². The van der Waals surface area contributed by atoms with E-state index in [0.29, 0.717) is 11.3 Å². The number of carbonyl (C=O) groups is 2. The highest BCUT2D eigenvalue weighted by Gasteiger charge is 2.48. The van der Waals surface area contributed by atoms with Crippen LogP contribution in [0.25, 0.3) is 0 Å². The van der Waals surface area contributed by atoms with E-state index in [2.05, 4.69) is 8.92 Å². The van der Waals surface area contributed by atoms with Crippen molar-refractivity contribution in [1.29, 1.82) is 0 Å². The molecule has 12 heteroatoms. The summed E-state index contributed by atoms with van der Waals surface area (Å²) in [6, 6.07) is 7.64. The first-order valence-electron chi connectivity index (χ1n) is 8.31. The van der Waals surface area contributed by atoms with Crippen molar-refractivity contribution in [1.82, 2.24) is 0 Å². The quantitative estimate of drug-likeness (QED) is 0.337. The summed E-state index contributed by atoms with van der Waals surface area (Å²) >= 11 is 0. The zero-order chi connectivity index (χ0) is 24.0. The topological polar surface area (TPSA) is 116 Å². The van der Waals surface area contributed by atoms with E-state index in [-0.39, 0.29) is 43.5 Å². The lowest BCUT2D eigenvalue weighted by Crippen LogP contribution is -2.28. The van der Waals surface area contributed by atoms with Gasteiger partial charge in [0.15, 0.2) is 34.6 Å². The predicted molar refractivity (Wildman–Crippen MR) is 117 cm³/mol. The van der Waals surface area contributed by atoms with Crippen LogP contribution in [0.5, 0.6) is 23.0 Å². The van der Waals surface area contributed by atoms with E-state index < -0.39 is 21.4 Å². The lowest BCUT2D eigenvalue weighted by molar-refractivity contribution is -0.0500. The average molecular weight is 497 g/mol. The fraction of sp³-hybridized carbons (Fsp3) is 0.333. The van der Waals surface area contributed by atoms with Crippen molar-refractivity contribution in [3.8, 4) is 23.0 Å². The second kappa shape index (κ2) is 12.7. The number of aromatic hydroxyl groups is 1. The van der Waals surface area contributed by atoms with Crippen LogP contribution < -0.4 is 13.7 Å². The van der Waals surface area contributed by atoms with Crippen molar-refractivity contribution in [2.45, 2.75) is 34.2 Å². The van der Waals surface area contributed by atoms with Crippen LogP contribution in [0.4, 0.5) is 13.2 Å². The van der Waals surface area contributed by atoms with Crippen LogP contribution >= 0.6 is 0 Å². The van der Waals surface area contributed by atoms with Crippen molar-refractivity contribution in [3.05, 3.63) is 47.5 Å². The second-order valence-electron chi connectivity index (χ2n) is 5.85. The van der Waals surface area contributed by atoms with Crippen LogP contribution in [0.3, 0.4) is 0 Å². The van der Waals surface area contributed by atoms with Crippen LogP contribution in [0.15, 0.2) is 36.4 Å². The van der Waals surface area contributed by atoms with Crippen LogP contribution in [-0.4, -0.2) is 44.8 Å². The van der Waals surface area contributed by atoms with E-state index in [9.17, 15) is 36.3 Å². The minimum atomic E-state index is -5.78. The van der Waals surface area contributed by atoms with Crippen molar-refractivity contribution in [3.63, 3.8) is 0 Å². The van der Waals surface area contributed by atoms with Crippen molar-refractivity contribution < 1.29 is 49.9 Å². The smallest absolute Gasteiger partial charge is 0.504 e. The molecule has 0 aromatic heterocycles.